The van der Waals surface area contributed by atoms with E-state index in [0.29, 0.717) is 0 Å². The van der Waals surface area contributed by atoms with Crippen LogP contribution in [0.15, 0.2) is 36.5 Å². The first-order valence-corrected chi connectivity index (χ1v) is 4.89. The minimum Gasteiger partial charge on any atom is -0.0988 e. The average molecular weight is 217 g/mol. The van der Waals surface area contributed by atoms with E-state index in [1.807, 2.05) is 32.9 Å². The maximum atomic E-state index is 3.67. The number of rotatable bonds is 3. The molecule has 0 aromatic rings. The molecule has 0 aliphatic carbocycles. The molecule has 0 spiro atoms. The lowest BCUT2D eigenvalue weighted by Gasteiger charge is -1.97. The van der Waals surface area contributed by atoms with E-state index in [9.17, 15) is 0 Å². The summed E-state index contributed by atoms with van der Waals surface area (Å²) in [5, 5.41) is 0.856. The molecule has 1 heteroatoms. The second-order valence-electron chi connectivity index (χ2n) is 1.75. The first-order chi connectivity index (χ1) is 5.26. The number of halogens is 1. The molecule has 64 valence electrons. The Hall–Kier alpha value is -0.300. The first-order valence-electron chi connectivity index (χ1n) is 3.76. The second-order valence-corrected chi connectivity index (χ2v) is 2.31. The van der Waals surface area contributed by atoms with E-state index in [4.69, 9.17) is 0 Å². The summed E-state index contributed by atoms with van der Waals surface area (Å²) >= 11 is 3.34. The Labute approximate surface area is 78.8 Å². The third kappa shape index (κ3) is 6.11. The summed E-state index contributed by atoms with van der Waals surface area (Å²) < 4.78 is 0. The zero-order valence-electron chi connectivity index (χ0n) is 7.65. The van der Waals surface area contributed by atoms with Crippen molar-refractivity contribution in [2.75, 3.05) is 5.33 Å². The largest absolute Gasteiger partial charge is 0.0988 e. The second kappa shape index (κ2) is 9.70. The fourth-order valence-corrected chi connectivity index (χ4v) is 1.12. The molecular weight excluding hydrogens is 200 g/mol. The zero-order chi connectivity index (χ0) is 9.28. The van der Waals surface area contributed by atoms with Gasteiger partial charge in [-0.25, -0.2) is 0 Å². The lowest BCUT2D eigenvalue weighted by molar-refractivity contribution is 1.41. The van der Waals surface area contributed by atoms with Gasteiger partial charge in [0.2, 0.25) is 0 Å². The van der Waals surface area contributed by atoms with Crippen molar-refractivity contribution in [1.29, 1.82) is 0 Å². The standard InChI is InChI=1S/C8H11Br.C2H6/c1-4-7(3)8(5-2)6-9;1-2/h4-5H,1-2,6H2,3H3;1-2H3/b8-7+;. The molecule has 11 heavy (non-hydrogen) atoms. The highest BCUT2D eigenvalue weighted by molar-refractivity contribution is 9.09. The van der Waals surface area contributed by atoms with Crippen molar-refractivity contribution in [3.8, 4) is 0 Å². The molecule has 0 bridgehead atoms. The van der Waals surface area contributed by atoms with Crippen LogP contribution in [0.4, 0.5) is 0 Å². The fourth-order valence-electron chi connectivity index (χ4n) is 0.452. The molecule has 0 amide bonds. The number of alkyl halides is 1. The Balaban J connectivity index is 0. The van der Waals surface area contributed by atoms with Crippen LogP contribution in [0, 0.1) is 0 Å². The molecule has 0 nitrogen and oxygen atoms in total. The lowest BCUT2D eigenvalue weighted by Crippen LogP contribution is -1.81. The van der Waals surface area contributed by atoms with Crippen molar-refractivity contribution in [3.63, 3.8) is 0 Å². The van der Waals surface area contributed by atoms with Gasteiger partial charge in [-0.2, -0.15) is 0 Å². The van der Waals surface area contributed by atoms with E-state index in [2.05, 4.69) is 29.1 Å². The number of hydrogen-bond donors (Lipinski definition) is 0. The maximum Gasteiger partial charge on any atom is 0.0285 e. The molecule has 0 saturated carbocycles. The van der Waals surface area contributed by atoms with Crippen LogP contribution < -0.4 is 0 Å². The van der Waals surface area contributed by atoms with E-state index in [1.165, 1.54) is 11.1 Å². The number of allylic oxidation sites excluding steroid dienone is 4. The van der Waals surface area contributed by atoms with E-state index in [1.54, 1.807) is 0 Å². The Kier molecular flexibility index (Phi) is 11.7. The Morgan fingerprint density at radius 1 is 1.27 bits per heavy atom. The summed E-state index contributed by atoms with van der Waals surface area (Å²) in [4.78, 5) is 0. The van der Waals surface area contributed by atoms with Crippen molar-refractivity contribution >= 4 is 15.9 Å². The summed E-state index contributed by atoms with van der Waals surface area (Å²) in [6.07, 6.45) is 3.67. The normalized spacial score (nSPS) is 10.5. The van der Waals surface area contributed by atoms with Crippen molar-refractivity contribution < 1.29 is 0 Å². The fraction of sp³-hybridized carbons (Fsp3) is 0.400. The molecule has 0 aliphatic rings. The van der Waals surface area contributed by atoms with Crippen LogP contribution in [0.2, 0.25) is 0 Å². The van der Waals surface area contributed by atoms with Crippen LogP contribution in [0.3, 0.4) is 0 Å². The summed E-state index contributed by atoms with van der Waals surface area (Å²) in [6.45, 7) is 13.3. The highest BCUT2D eigenvalue weighted by Crippen LogP contribution is 2.08. The van der Waals surface area contributed by atoms with Crippen LogP contribution in [-0.4, -0.2) is 5.33 Å². The van der Waals surface area contributed by atoms with Gasteiger partial charge < -0.3 is 0 Å². The van der Waals surface area contributed by atoms with Crippen molar-refractivity contribution in [1.82, 2.24) is 0 Å². The van der Waals surface area contributed by atoms with Crippen LogP contribution >= 0.6 is 15.9 Å². The minimum atomic E-state index is 0.856. The summed E-state index contributed by atoms with van der Waals surface area (Å²) in [6, 6.07) is 0. The highest BCUT2D eigenvalue weighted by Gasteiger charge is 1.89. The number of hydrogen-bond acceptors (Lipinski definition) is 0. The van der Waals surface area contributed by atoms with Gasteiger partial charge in [0, 0.05) is 5.33 Å². The molecule has 0 atom stereocenters. The van der Waals surface area contributed by atoms with Gasteiger partial charge in [-0.15, -0.1) is 0 Å². The summed E-state index contributed by atoms with van der Waals surface area (Å²) in [5.41, 5.74) is 2.38. The van der Waals surface area contributed by atoms with Gasteiger partial charge in [0.05, 0.1) is 0 Å². The van der Waals surface area contributed by atoms with E-state index >= 15 is 0 Å². The van der Waals surface area contributed by atoms with Gasteiger partial charge in [-0.3, -0.25) is 0 Å². The molecule has 0 saturated heterocycles. The van der Waals surface area contributed by atoms with Crippen molar-refractivity contribution in [2.24, 2.45) is 0 Å². The van der Waals surface area contributed by atoms with Crippen LogP contribution in [-0.2, 0) is 0 Å². The molecular formula is C10H17Br. The molecule has 0 rings (SSSR count). The molecule has 0 radical (unpaired) electrons. The lowest BCUT2D eigenvalue weighted by atomic mass is 10.1. The van der Waals surface area contributed by atoms with Crippen molar-refractivity contribution in [2.45, 2.75) is 20.8 Å². The Morgan fingerprint density at radius 2 is 1.73 bits per heavy atom. The molecule has 0 unspecified atom stereocenters. The summed E-state index contributed by atoms with van der Waals surface area (Å²) in [5.74, 6) is 0. The zero-order valence-corrected chi connectivity index (χ0v) is 9.24. The molecule has 0 aromatic heterocycles. The maximum absolute atomic E-state index is 3.67. The van der Waals surface area contributed by atoms with Crippen LogP contribution in [0.1, 0.15) is 20.8 Å². The molecule has 0 heterocycles. The summed E-state index contributed by atoms with van der Waals surface area (Å²) in [7, 11) is 0. The Morgan fingerprint density at radius 3 is 1.82 bits per heavy atom. The van der Waals surface area contributed by atoms with Gasteiger partial charge in [0.25, 0.3) is 0 Å². The Bertz CT molecular complexity index is 143. The predicted octanol–water partition coefficient (Wildman–Crippen LogP) is 4.10. The first kappa shape index (κ1) is 13.3. The predicted molar refractivity (Wildman–Crippen MR) is 58.2 cm³/mol. The van der Waals surface area contributed by atoms with E-state index < -0.39 is 0 Å². The van der Waals surface area contributed by atoms with Crippen molar-refractivity contribution in [3.05, 3.63) is 36.5 Å². The third-order valence-electron chi connectivity index (χ3n) is 1.20. The van der Waals surface area contributed by atoms with E-state index in [0.717, 1.165) is 5.33 Å². The molecule has 0 fully saturated rings. The monoisotopic (exact) mass is 216 g/mol. The SMILES string of the molecule is C=C/C(C)=C(\C=C)CBr.CC. The van der Waals surface area contributed by atoms with Gasteiger partial charge in [0.1, 0.15) is 0 Å². The smallest absolute Gasteiger partial charge is 0.0285 e. The minimum absolute atomic E-state index is 0.856. The van der Waals surface area contributed by atoms with E-state index in [-0.39, 0.29) is 0 Å². The van der Waals surface area contributed by atoms with Gasteiger partial charge >= 0.3 is 0 Å². The van der Waals surface area contributed by atoms with Gasteiger partial charge in [0.15, 0.2) is 0 Å². The quantitative estimate of drug-likeness (QED) is 0.493. The average Bonchev–Trinajstić information content (AvgIpc) is 2.10. The molecule has 0 aliphatic heterocycles. The van der Waals surface area contributed by atoms with Gasteiger partial charge in [-0.05, 0) is 18.1 Å². The third-order valence-corrected chi connectivity index (χ3v) is 1.81. The highest BCUT2D eigenvalue weighted by atomic mass is 79.9. The molecule has 0 aromatic carbocycles. The van der Waals surface area contributed by atoms with Gasteiger partial charge in [-0.1, -0.05) is 55.1 Å². The van der Waals surface area contributed by atoms with Crippen LogP contribution in [0.5, 0.6) is 0 Å². The topological polar surface area (TPSA) is 0 Å². The molecule has 0 N–H and O–H groups in total. The van der Waals surface area contributed by atoms with Crippen LogP contribution in [0.25, 0.3) is 0 Å².